The van der Waals surface area contributed by atoms with E-state index < -0.39 is 0 Å². The van der Waals surface area contributed by atoms with E-state index in [1.54, 1.807) is 12.1 Å². The van der Waals surface area contributed by atoms with E-state index in [9.17, 15) is 10.5 Å². The molecule has 0 radical (unpaired) electrons. The van der Waals surface area contributed by atoms with E-state index in [-0.39, 0.29) is 23.0 Å². The molecule has 10 heteroatoms. The maximum atomic E-state index is 9.31. The number of H-pyrrole nitrogens is 2. The molecule has 6 rings (SSSR count). The molecule has 0 saturated heterocycles. The summed E-state index contributed by atoms with van der Waals surface area (Å²) in [5.74, 6) is 0.842. The fraction of sp³-hybridized carbons (Fsp3) is 0. The highest BCUT2D eigenvalue weighted by molar-refractivity contribution is 5.90. The Kier molecular flexibility index (Phi) is 6.48. The molecule has 6 aromatic rings. The first-order chi connectivity index (χ1) is 20.6. The Labute approximate surface area is 239 Å². The maximum absolute atomic E-state index is 9.31. The number of hydrogen-bond acceptors (Lipinski definition) is 6. The highest BCUT2D eigenvalue weighted by Crippen LogP contribution is 2.38. The first kappa shape index (κ1) is 25.4. The molecule has 194 valence electrons. The normalized spacial score (nSPS) is 10.3. The van der Waals surface area contributed by atoms with Crippen molar-refractivity contribution in [2.24, 2.45) is 0 Å². The molecule has 4 heterocycles. The largest absolute Gasteiger partial charge is 0.361 e. The third kappa shape index (κ3) is 4.50. The minimum Gasteiger partial charge on any atom is -0.361 e. The average Bonchev–Trinajstić information content (AvgIpc) is 3.69. The van der Waals surface area contributed by atoms with Crippen molar-refractivity contribution in [2.75, 3.05) is 0 Å². The van der Waals surface area contributed by atoms with E-state index in [0.717, 1.165) is 22.3 Å². The third-order valence-corrected chi connectivity index (χ3v) is 6.48. The highest BCUT2D eigenvalue weighted by Gasteiger charge is 2.18. The second-order valence-electron chi connectivity index (χ2n) is 8.92. The molecule has 0 aliphatic heterocycles. The number of rotatable bonds is 5. The number of nitrogens with zero attached hydrogens (tertiary/aromatic N) is 8. The average molecular weight is 541 g/mol. The molecule has 0 aliphatic rings. The molecule has 10 nitrogen and oxygen atoms in total. The van der Waals surface area contributed by atoms with Gasteiger partial charge in [-0.2, -0.15) is 10.5 Å². The van der Waals surface area contributed by atoms with Crippen molar-refractivity contribution in [2.45, 2.75) is 0 Å². The van der Waals surface area contributed by atoms with E-state index in [1.807, 2.05) is 84.9 Å². The number of imidazole rings is 2. The van der Waals surface area contributed by atoms with E-state index in [4.69, 9.17) is 23.1 Å². The van der Waals surface area contributed by atoms with Crippen LogP contribution in [0.25, 0.3) is 66.4 Å². The first-order valence-electron chi connectivity index (χ1n) is 12.5. The van der Waals surface area contributed by atoms with Crippen LogP contribution in [0.2, 0.25) is 0 Å². The van der Waals surface area contributed by atoms with Gasteiger partial charge in [-0.3, -0.25) is 9.97 Å². The zero-order chi connectivity index (χ0) is 29.1. The second kappa shape index (κ2) is 10.7. The molecule has 0 saturated carbocycles. The van der Waals surface area contributed by atoms with Crippen molar-refractivity contribution in [3.63, 3.8) is 0 Å². The molecular formula is C32H16N10. The molecule has 0 amide bonds. The molecule has 0 aliphatic carbocycles. The van der Waals surface area contributed by atoms with E-state index in [2.05, 4.69) is 29.6 Å². The molecule has 4 aromatic heterocycles. The number of nitriles is 2. The van der Waals surface area contributed by atoms with Gasteiger partial charge in [0.15, 0.2) is 11.4 Å². The van der Waals surface area contributed by atoms with Crippen molar-refractivity contribution < 1.29 is 0 Å². The van der Waals surface area contributed by atoms with Crippen LogP contribution in [0.4, 0.5) is 11.6 Å². The Hall–Kier alpha value is -6.88. The van der Waals surface area contributed by atoms with Crippen molar-refractivity contribution in [3.8, 4) is 68.8 Å². The van der Waals surface area contributed by atoms with Gasteiger partial charge in [-0.1, -0.05) is 73.8 Å². The Bertz CT molecular complexity index is 1940. The number of hydrogen-bond donors (Lipinski definition) is 2. The zero-order valence-corrected chi connectivity index (χ0v) is 21.7. The summed E-state index contributed by atoms with van der Waals surface area (Å²) in [6, 6.07) is 30.7. The maximum Gasteiger partial charge on any atom is 0.266 e. The fourth-order valence-corrected chi connectivity index (χ4v) is 4.60. The quantitative estimate of drug-likeness (QED) is 0.224. The fourth-order valence-electron chi connectivity index (χ4n) is 4.60. The zero-order valence-electron chi connectivity index (χ0n) is 21.7. The van der Waals surface area contributed by atoms with Crippen LogP contribution in [0.5, 0.6) is 0 Å². The Morgan fingerprint density at radius 1 is 0.500 bits per heavy atom. The van der Waals surface area contributed by atoms with Crippen LogP contribution >= 0.6 is 0 Å². The van der Waals surface area contributed by atoms with E-state index in [0.29, 0.717) is 34.4 Å². The van der Waals surface area contributed by atoms with Gasteiger partial charge in [0.05, 0.1) is 11.4 Å². The van der Waals surface area contributed by atoms with Crippen LogP contribution in [0.15, 0.2) is 84.9 Å². The Morgan fingerprint density at radius 3 is 1.24 bits per heavy atom. The number of nitrogens with one attached hydrogen (secondary N) is 2. The molecule has 42 heavy (non-hydrogen) atoms. The van der Waals surface area contributed by atoms with Crippen LogP contribution in [0.3, 0.4) is 0 Å². The predicted octanol–water partition coefficient (Wildman–Crippen LogP) is 7.10. The molecule has 0 atom stereocenters. The third-order valence-electron chi connectivity index (χ3n) is 6.48. The first-order valence-corrected chi connectivity index (χ1v) is 12.5. The highest BCUT2D eigenvalue weighted by atomic mass is 15.0. The van der Waals surface area contributed by atoms with Gasteiger partial charge >= 0.3 is 0 Å². The van der Waals surface area contributed by atoms with Gasteiger partial charge in [-0.15, -0.1) is 0 Å². The summed E-state index contributed by atoms with van der Waals surface area (Å²) in [5, 5.41) is 18.6. The van der Waals surface area contributed by atoms with Crippen LogP contribution in [0, 0.1) is 35.8 Å². The van der Waals surface area contributed by atoms with Gasteiger partial charge in [0, 0.05) is 11.1 Å². The summed E-state index contributed by atoms with van der Waals surface area (Å²) in [6.07, 6.45) is 0. The molecule has 0 fully saturated rings. The molecule has 0 bridgehead atoms. The van der Waals surface area contributed by atoms with Gasteiger partial charge in [0.25, 0.3) is 11.6 Å². The van der Waals surface area contributed by atoms with Crippen LogP contribution in [-0.4, -0.2) is 29.9 Å². The van der Waals surface area contributed by atoms with Gasteiger partial charge < -0.3 is 9.69 Å². The molecule has 2 aromatic carbocycles. The number of benzene rings is 2. The van der Waals surface area contributed by atoms with Crippen LogP contribution in [0.1, 0.15) is 11.4 Å². The van der Waals surface area contributed by atoms with Crippen molar-refractivity contribution in [1.29, 1.82) is 10.5 Å². The van der Waals surface area contributed by atoms with Gasteiger partial charge in [0.1, 0.15) is 23.5 Å². The van der Waals surface area contributed by atoms with Crippen LogP contribution < -0.4 is 0 Å². The summed E-state index contributed by atoms with van der Waals surface area (Å²) >= 11 is 0. The molecular weight excluding hydrogens is 524 g/mol. The monoisotopic (exact) mass is 540 g/mol. The predicted molar refractivity (Wildman–Crippen MR) is 155 cm³/mol. The minimum atomic E-state index is 0.0277. The molecule has 0 unspecified atom stereocenters. The van der Waals surface area contributed by atoms with Gasteiger partial charge in [0.2, 0.25) is 11.6 Å². The number of pyridine rings is 2. The Morgan fingerprint density at radius 2 is 0.881 bits per heavy atom. The summed E-state index contributed by atoms with van der Waals surface area (Å²) in [7, 11) is 0. The topological polar surface area (TPSA) is 139 Å². The summed E-state index contributed by atoms with van der Waals surface area (Å²) in [4.78, 5) is 30.6. The summed E-state index contributed by atoms with van der Waals surface area (Å²) in [5.41, 5.74) is 6.01. The van der Waals surface area contributed by atoms with Crippen molar-refractivity contribution in [1.82, 2.24) is 29.9 Å². The molecule has 2 N–H and O–H groups in total. The SMILES string of the molecule is [C-]#[N+]c1[nH]c(-c2cccc(-c3ccccc3-c3ccccc3-c3cccc(-c4nc(C#N)c([N+]#[C-])[nH]4)n3)n2)nc1C#N. The van der Waals surface area contributed by atoms with Crippen molar-refractivity contribution >= 4 is 11.6 Å². The summed E-state index contributed by atoms with van der Waals surface area (Å²) < 4.78 is 0. The van der Waals surface area contributed by atoms with Gasteiger partial charge in [-0.25, -0.2) is 19.9 Å². The standard InChI is InChI=1S/C32H16N10/c1-35-29-27(17-33)39-31(41-29)25-15-7-13-23(37-25)21-11-5-3-9-19(21)20-10-4-6-12-22(20)24-14-8-16-26(38-24)32-40-28(18-34)30(36-2)42-32/h3-16H,(H,39,41)(H,40,42). The minimum absolute atomic E-state index is 0.0277. The van der Waals surface area contributed by atoms with Crippen LogP contribution in [-0.2, 0) is 0 Å². The van der Waals surface area contributed by atoms with E-state index in [1.165, 1.54) is 0 Å². The van der Waals surface area contributed by atoms with E-state index >= 15 is 0 Å². The number of aromatic amines is 2. The lowest BCUT2D eigenvalue weighted by atomic mass is 9.92. The van der Waals surface area contributed by atoms with Gasteiger partial charge in [-0.05, 0) is 35.4 Å². The lowest BCUT2D eigenvalue weighted by Gasteiger charge is -2.14. The lowest BCUT2D eigenvalue weighted by molar-refractivity contribution is 1.22. The number of aromatic nitrogens is 6. The second-order valence-corrected chi connectivity index (χ2v) is 8.92. The summed E-state index contributed by atoms with van der Waals surface area (Å²) in [6.45, 7) is 14.6. The lowest BCUT2D eigenvalue weighted by Crippen LogP contribution is -1.94. The molecule has 0 spiro atoms. The van der Waals surface area contributed by atoms with Crippen molar-refractivity contribution in [3.05, 3.63) is 119 Å². The Balaban J connectivity index is 1.45. The smallest absolute Gasteiger partial charge is 0.266 e.